The smallest absolute Gasteiger partial charge is 0.178 e. The Hall–Kier alpha value is -1.94. The van der Waals surface area contributed by atoms with Crippen molar-refractivity contribution in [2.45, 2.75) is 20.4 Å². The molecule has 0 N–H and O–H groups in total. The number of carbonyl (C=O) groups excluding carboxylic acids is 1. The number of aromatic nitrogens is 1. The number of aryl methyl sites for hydroxylation is 1. The standard InChI is InChI=1S/C17H21FN2O/c1-12-9-16(13(2)20(12)4)17(21)11-19(3)10-14-5-7-15(18)8-6-14/h5-9H,10-11H2,1-4H3. The molecule has 4 heteroatoms. The minimum absolute atomic E-state index is 0.112. The second-order valence-corrected chi connectivity index (χ2v) is 5.57. The van der Waals surface area contributed by atoms with Crippen LogP contribution >= 0.6 is 0 Å². The zero-order valence-corrected chi connectivity index (χ0v) is 13.0. The van der Waals surface area contributed by atoms with Gasteiger partial charge in [-0.25, -0.2) is 4.39 Å². The molecule has 1 aromatic carbocycles. The van der Waals surface area contributed by atoms with Gasteiger partial charge in [-0.3, -0.25) is 9.69 Å². The van der Waals surface area contributed by atoms with Gasteiger partial charge in [-0.2, -0.15) is 0 Å². The molecule has 0 aliphatic heterocycles. The molecule has 0 radical (unpaired) electrons. The van der Waals surface area contributed by atoms with Crippen LogP contribution in [0, 0.1) is 19.7 Å². The van der Waals surface area contributed by atoms with Gasteiger partial charge in [0.2, 0.25) is 0 Å². The molecule has 1 heterocycles. The number of nitrogens with zero attached hydrogens (tertiary/aromatic N) is 2. The summed E-state index contributed by atoms with van der Waals surface area (Å²) < 4.78 is 14.9. The Morgan fingerprint density at radius 3 is 2.38 bits per heavy atom. The zero-order chi connectivity index (χ0) is 15.6. The molecule has 0 saturated heterocycles. The molecule has 0 aliphatic rings. The van der Waals surface area contributed by atoms with E-state index in [1.165, 1.54) is 12.1 Å². The van der Waals surface area contributed by atoms with Gasteiger partial charge in [0.05, 0.1) is 6.54 Å². The maximum absolute atomic E-state index is 12.9. The largest absolute Gasteiger partial charge is 0.351 e. The predicted molar refractivity (Wildman–Crippen MR) is 82.0 cm³/mol. The van der Waals surface area contributed by atoms with Gasteiger partial charge >= 0.3 is 0 Å². The zero-order valence-electron chi connectivity index (χ0n) is 13.0. The van der Waals surface area contributed by atoms with Crippen molar-refractivity contribution in [1.29, 1.82) is 0 Å². The van der Waals surface area contributed by atoms with Crippen molar-refractivity contribution in [3.8, 4) is 0 Å². The molecule has 0 fully saturated rings. The number of halogens is 1. The highest BCUT2D eigenvalue weighted by Crippen LogP contribution is 2.15. The Balaban J connectivity index is 2.01. The maximum Gasteiger partial charge on any atom is 0.178 e. The third kappa shape index (κ3) is 3.58. The van der Waals surface area contributed by atoms with Gasteiger partial charge in [0, 0.05) is 30.5 Å². The Bertz CT molecular complexity index is 644. The Labute approximate surface area is 125 Å². The number of likely N-dealkylation sites (N-methyl/N-ethyl adjacent to an activating group) is 1. The molecule has 0 amide bonds. The van der Waals surface area contributed by atoms with Crippen molar-refractivity contribution in [2.24, 2.45) is 7.05 Å². The fourth-order valence-corrected chi connectivity index (χ4v) is 2.43. The molecule has 0 bridgehead atoms. The molecular formula is C17H21FN2O. The fourth-order valence-electron chi connectivity index (χ4n) is 2.43. The van der Waals surface area contributed by atoms with E-state index in [0.717, 1.165) is 22.5 Å². The van der Waals surface area contributed by atoms with Crippen LogP contribution in [0.3, 0.4) is 0 Å². The van der Waals surface area contributed by atoms with Crippen molar-refractivity contribution >= 4 is 5.78 Å². The monoisotopic (exact) mass is 288 g/mol. The molecule has 2 rings (SSSR count). The molecule has 1 aromatic heterocycles. The number of rotatable bonds is 5. The van der Waals surface area contributed by atoms with Crippen molar-refractivity contribution in [1.82, 2.24) is 9.47 Å². The molecule has 0 aliphatic carbocycles. The first-order chi connectivity index (χ1) is 9.88. The van der Waals surface area contributed by atoms with E-state index >= 15 is 0 Å². The summed E-state index contributed by atoms with van der Waals surface area (Å²) in [5.41, 5.74) is 3.85. The molecule has 112 valence electrons. The van der Waals surface area contributed by atoms with Gasteiger partial charge in [0.15, 0.2) is 5.78 Å². The fraction of sp³-hybridized carbons (Fsp3) is 0.353. The van der Waals surface area contributed by atoms with Crippen molar-refractivity contribution in [2.75, 3.05) is 13.6 Å². The molecule has 0 atom stereocenters. The lowest BCUT2D eigenvalue weighted by atomic mass is 10.1. The van der Waals surface area contributed by atoms with Crippen molar-refractivity contribution in [3.63, 3.8) is 0 Å². The summed E-state index contributed by atoms with van der Waals surface area (Å²) >= 11 is 0. The number of Topliss-reactive ketones (excluding diaryl/α,β-unsaturated/α-hetero) is 1. The summed E-state index contributed by atoms with van der Waals surface area (Å²) in [6.07, 6.45) is 0. The molecular weight excluding hydrogens is 267 g/mol. The summed E-state index contributed by atoms with van der Waals surface area (Å²) in [5.74, 6) is -0.131. The van der Waals surface area contributed by atoms with E-state index in [1.807, 2.05) is 43.5 Å². The van der Waals surface area contributed by atoms with Crippen LogP contribution in [0.1, 0.15) is 27.3 Å². The molecule has 0 saturated carbocycles. The van der Waals surface area contributed by atoms with Gasteiger partial charge in [0.25, 0.3) is 0 Å². The summed E-state index contributed by atoms with van der Waals surface area (Å²) in [6.45, 7) is 4.92. The second kappa shape index (κ2) is 6.22. The lowest BCUT2D eigenvalue weighted by Crippen LogP contribution is -2.25. The molecule has 0 unspecified atom stereocenters. The van der Waals surface area contributed by atoms with Gasteiger partial charge < -0.3 is 4.57 Å². The summed E-state index contributed by atoms with van der Waals surface area (Å²) in [6, 6.07) is 8.30. The van der Waals surface area contributed by atoms with Crippen LogP contribution in [-0.4, -0.2) is 28.8 Å². The van der Waals surface area contributed by atoms with Crippen LogP contribution < -0.4 is 0 Å². The molecule has 2 aromatic rings. The summed E-state index contributed by atoms with van der Waals surface area (Å²) in [4.78, 5) is 14.3. The van der Waals surface area contributed by atoms with E-state index < -0.39 is 0 Å². The Kier molecular flexibility index (Phi) is 4.58. The number of hydrogen-bond acceptors (Lipinski definition) is 2. The van der Waals surface area contributed by atoms with Gasteiger partial charge in [-0.15, -0.1) is 0 Å². The third-order valence-corrected chi connectivity index (χ3v) is 3.85. The number of hydrogen-bond donors (Lipinski definition) is 0. The lowest BCUT2D eigenvalue weighted by Gasteiger charge is -2.16. The third-order valence-electron chi connectivity index (χ3n) is 3.85. The number of ketones is 1. The quantitative estimate of drug-likeness (QED) is 0.790. The van der Waals surface area contributed by atoms with Crippen LogP contribution in [0.4, 0.5) is 4.39 Å². The number of benzene rings is 1. The molecule has 3 nitrogen and oxygen atoms in total. The van der Waals surface area contributed by atoms with E-state index in [0.29, 0.717) is 13.1 Å². The topological polar surface area (TPSA) is 25.2 Å². The summed E-state index contributed by atoms with van der Waals surface area (Å²) in [5, 5.41) is 0. The van der Waals surface area contributed by atoms with Crippen LogP contribution in [0.25, 0.3) is 0 Å². The van der Waals surface area contributed by atoms with Crippen molar-refractivity contribution in [3.05, 3.63) is 58.7 Å². The average molecular weight is 288 g/mol. The van der Waals surface area contributed by atoms with Crippen molar-refractivity contribution < 1.29 is 9.18 Å². The predicted octanol–water partition coefficient (Wildman–Crippen LogP) is 3.10. The van der Waals surface area contributed by atoms with E-state index in [-0.39, 0.29) is 11.6 Å². The average Bonchev–Trinajstić information content (AvgIpc) is 2.69. The minimum Gasteiger partial charge on any atom is -0.351 e. The first-order valence-corrected chi connectivity index (χ1v) is 6.97. The first kappa shape index (κ1) is 15.4. The van der Waals surface area contributed by atoms with Crippen LogP contribution in [0.5, 0.6) is 0 Å². The van der Waals surface area contributed by atoms with Crippen LogP contribution in [0.15, 0.2) is 30.3 Å². The highest BCUT2D eigenvalue weighted by atomic mass is 19.1. The van der Waals surface area contributed by atoms with Crippen LogP contribution in [0.2, 0.25) is 0 Å². The lowest BCUT2D eigenvalue weighted by molar-refractivity contribution is 0.0942. The van der Waals surface area contributed by atoms with E-state index in [9.17, 15) is 9.18 Å². The molecule has 21 heavy (non-hydrogen) atoms. The van der Waals surface area contributed by atoms with Gasteiger partial charge in [-0.1, -0.05) is 12.1 Å². The minimum atomic E-state index is -0.243. The highest BCUT2D eigenvalue weighted by Gasteiger charge is 2.15. The SMILES string of the molecule is Cc1cc(C(=O)CN(C)Cc2ccc(F)cc2)c(C)n1C. The highest BCUT2D eigenvalue weighted by molar-refractivity contribution is 5.99. The van der Waals surface area contributed by atoms with E-state index in [1.54, 1.807) is 12.1 Å². The first-order valence-electron chi connectivity index (χ1n) is 6.97. The van der Waals surface area contributed by atoms with Gasteiger partial charge in [0.1, 0.15) is 5.82 Å². The molecule has 0 spiro atoms. The maximum atomic E-state index is 12.9. The number of carbonyl (C=O) groups is 1. The Morgan fingerprint density at radius 1 is 1.24 bits per heavy atom. The second-order valence-electron chi connectivity index (χ2n) is 5.57. The Morgan fingerprint density at radius 2 is 1.86 bits per heavy atom. The van der Waals surface area contributed by atoms with Gasteiger partial charge in [-0.05, 0) is 44.7 Å². The van der Waals surface area contributed by atoms with Crippen LogP contribution in [-0.2, 0) is 13.6 Å². The summed E-state index contributed by atoms with van der Waals surface area (Å²) in [7, 11) is 3.86. The van der Waals surface area contributed by atoms with E-state index in [2.05, 4.69) is 0 Å². The normalized spacial score (nSPS) is 11.1. The van der Waals surface area contributed by atoms with E-state index in [4.69, 9.17) is 0 Å².